The molecule has 7 rings (SSSR count). The summed E-state index contributed by atoms with van der Waals surface area (Å²) in [7, 11) is 0. The first-order valence-corrected chi connectivity index (χ1v) is 11.5. The van der Waals surface area contributed by atoms with E-state index in [0.29, 0.717) is 5.89 Å². The predicted octanol–water partition coefficient (Wildman–Crippen LogP) is 6.91. The molecule has 1 aliphatic rings. The van der Waals surface area contributed by atoms with Crippen molar-refractivity contribution in [3.63, 3.8) is 0 Å². The van der Waals surface area contributed by atoms with Crippen LogP contribution in [-0.2, 0) is 0 Å². The zero-order chi connectivity index (χ0) is 22.5. The fraction of sp³-hybridized carbons (Fsp3) is 0.103. The highest BCUT2D eigenvalue weighted by molar-refractivity contribution is 6.06. The Bertz CT molecular complexity index is 1610. The highest BCUT2D eigenvalue weighted by Gasteiger charge is 2.32. The Morgan fingerprint density at radius 2 is 1.41 bits per heavy atom. The Morgan fingerprint density at radius 3 is 2.26 bits per heavy atom. The number of fused-ring (bicyclic) bond motifs is 3. The van der Waals surface area contributed by atoms with E-state index in [-0.39, 0.29) is 5.92 Å². The van der Waals surface area contributed by atoms with E-state index in [9.17, 15) is 0 Å². The molecule has 0 amide bonds. The summed E-state index contributed by atoms with van der Waals surface area (Å²) in [6, 6.07) is 33.2. The molecule has 0 bridgehead atoms. The van der Waals surface area contributed by atoms with Crippen molar-refractivity contribution in [3.05, 3.63) is 103 Å². The normalized spacial score (nSPS) is 14.1. The van der Waals surface area contributed by atoms with Gasteiger partial charge in [0.25, 0.3) is 5.89 Å². The molecule has 1 aliphatic heterocycles. The third-order valence-electron chi connectivity index (χ3n) is 6.65. The maximum Gasteiger partial charge on any atom is 0.257 e. The second kappa shape index (κ2) is 7.59. The number of hydrogen-bond acceptors (Lipinski definition) is 5. The number of anilines is 1. The van der Waals surface area contributed by atoms with Gasteiger partial charge < -0.3 is 13.8 Å². The first-order chi connectivity index (χ1) is 16.8. The zero-order valence-corrected chi connectivity index (χ0v) is 18.4. The molecule has 0 aliphatic carbocycles. The highest BCUT2D eigenvalue weighted by atomic mass is 16.5. The molecule has 34 heavy (non-hydrogen) atoms. The van der Waals surface area contributed by atoms with Crippen molar-refractivity contribution in [2.75, 3.05) is 18.0 Å². The van der Waals surface area contributed by atoms with E-state index in [1.807, 2.05) is 42.5 Å². The summed E-state index contributed by atoms with van der Waals surface area (Å²) in [5, 5.41) is 6.52. The van der Waals surface area contributed by atoms with E-state index in [2.05, 4.69) is 69.6 Å². The molecule has 4 aromatic carbocycles. The first-order valence-electron chi connectivity index (χ1n) is 11.5. The molecule has 0 N–H and O–H groups in total. The first kappa shape index (κ1) is 19.1. The lowest BCUT2D eigenvalue weighted by molar-refractivity contribution is 0.402. The summed E-state index contributed by atoms with van der Waals surface area (Å²) in [4.78, 5) is 6.96. The van der Waals surface area contributed by atoms with Gasteiger partial charge in [0.2, 0.25) is 0 Å². The van der Waals surface area contributed by atoms with Gasteiger partial charge in [0.1, 0.15) is 11.2 Å². The molecule has 0 spiro atoms. The fourth-order valence-corrected chi connectivity index (χ4v) is 4.72. The van der Waals surface area contributed by atoms with Crippen LogP contribution in [-0.4, -0.2) is 23.2 Å². The topological polar surface area (TPSA) is 55.3 Å². The molecule has 5 heteroatoms. The van der Waals surface area contributed by atoms with Crippen LogP contribution < -0.4 is 4.90 Å². The smallest absolute Gasteiger partial charge is 0.257 e. The largest absolute Gasteiger partial charge is 0.456 e. The minimum Gasteiger partial charge on any atom is -0.456 e. The van der Waals surface area contributed by atoms with Crippen molar-refractivity contribution in [2.45, 2.75) is 5.92 Å². The minimum atomic E-state index is 0.290. The van der Waals surface area contributed by atoms with Crippen molar-refractivity contribution in [3.8, 4) is 22.6 Å². The van der Waals surface area contributed by atoms with E-state index in [4.69, 9.17) is 8.94 Å². The van der Waals surface area contributed by atoms with Crippen molar-refractivity contribution in [2.24, 2.45) is 0 Å². The standard InChI is InChI=1S/C29H21N3O2/c1-2-6-20(7-3-1)29-30-28(31-34-29)22-17-32(18-22)23-13-10-19(11-14-23)21-12-15-27-25(16-21)24-8-4-5-9-26(24)33-27/h1-16,22H,17-18H2. The van der Waals surface area contributed by atoms with Gasteiger partial charge in [-0.1, -0.05) is 59.8 Å². The maximum absolute atomic E-state index is 5.97. The molecule has 164 valence electrons. The SMILES string of the molecule is c1ccc(-c2nc(C3CN(c4ccc(-c5ccc6oc7ccccc7c6c5)cc4)C3)no2)cc1. The van der Waals surface area contributed by atoms with Crippen LogP contribution in [0.5, 0.6) is 0 Å². The number of benzene rings is 4. The summed E-state index contributed by atoms with van der Waals surface area (Å²) in [5.41, 5.74) is 6.39. The van der Waals surface area contributed by atoms with Gasteiger partial charge >= 0.3 is 0 Å². The monoisotopic (exact) mass is 443 g/mol. The molecule has 2 aromatic heterocycles. The van der Waals surface area contributed by atoms with E-state index >= 15 is 0 Å². The van der Waals surface area contributed by atoms with Crippen LogP contribution in [0.1, 0.15) is 11.7 Å². The molecule has 0 unspecified atom stereocenters. The summed E-state index contributed by atoms with van der Waals surface area (Å²) < 4.78 is 11.4. The molecule has 3 heterocycles. The highest BCUT2D eigenvalue weighted by Crippen LogP contribution is 2.35. The van der Waals surface area contributed by atoms with Crippen LogP contribution in [0.4, 0.5) is 5.69 Å². The lowest BCUT2D eigenvalue weighted by Gasteiger charge is -2.39. The van der Waals surface area contributed by atoms with E-state index < -0.39 is 0 Å². The Hall–Kier alpha value is -4.38. The van der Waals surface area contributed by atoms with Crippen LogP contribution >= 0.6 is 0 Å². The Kier molecular flexibility index (Phi) is 4.27. The van der Waals surface area contributed by atoms with Gasteiger partial charge in [-0.05, 0) is 53.6 Å². The van der Waals surface area contributed by atoms with Gasteiger partial charge in [-0.3, -0.25) is 0 Å². The number of nitrogens with zero attached hydrogens (tertiary/aromatic N) is 3. The summed E-state index contributed by atoms with van der Waals surface area (Å²) >= 11 is 0. The molecular weight excluding hydrogens is 422 g/mol. The van der Waals surface area contributed by atoms with Crippen LogP contribution in [0, 0.1) is 0 Å². The Labute approximate surface area is 196 Å². The number of hydrogen-bond donors (Lipinski definition) is 0. The van der Waals surface area contributed by atoms with Gasteiger partial charge in [-0.25, -0.2) is 0 Å². The van der Waals surface area contributed by atoms with Gasteiger partial charge in [-0.15, -0.1) is 0 Å². The molecule has 1 fully saturated rings. The van der Waals surface area contributed by atoms with Crippen LogP contribution in [0.3, 0.4) is 0 Å². The summed E-state index contributed by atoms with van der Waals surface area (Å²) in [6.45, 7) is 1.78. The third-order valence-corrected chi connectivity index (χ3v) is 6.65. The van der Waals surface area contributed by atoms with Crippen LogP contribution in [0.25, 0.3) is 44.5 Å². The van der Waals surface area contributed by atoms with E-state index in [0.717, 1.165) is 46.4 Å². The average molecular weight is 444 g/mol. The minimum absolute atomic E-state index is 0.290. The number of furan rings is 1. The Morgan fingerprint density at radius 1 is 0.676 bits per heavy atom. The van der Waals surface area contributed by atoms with Gasteiger partial charge in [0, 0.05) is 35.1 Å². The van der Waals surface area contributed by atoms with E-state index in [1.165, 1.54) is 16.8 Å². The maximum atomic E-state index is 5.97. The fourth-order valence-electron chi connectivity index (χ4n) is 4.72. The number of para-hydroxylation sites is 1. The molecule has 0 saturated carbocycles. The molecule has 1 saturated heterocycles. The molecule has 0 radical (unpaired) electrons. The molecular formula is C29H21N3O2. The summed E-state index contributed by atoms with van der Waals surface area (Å²) in [6.07, 6.45) is 0. The predicted molar refractivity (Wildman–Crippen MR) is 134 cm³/mol. The second-order valence-corrected chi connectivity index (χ2v) is 8.78. The van der Waals surface area contributed by atoms with Crippen LogP contribution in [0.2, 0.25) is 0 Å². The number of aromatic nitrogens is 2. The third kappa shape index (κ3) is 3.17. The van der Waals surface area contributed by atoms with Gasteiger partial charge in [0.05, 0.1) is 5.92 Å². The quantitative estimate of drug-likeness (QED) is 0.296. The zero-order valence-electron chi connectivity index (χ0n) is 18.4. The van der Waals surface area contributed by atoms with Crippen LogP contribution in [0.15, 0.2) is 106 Å². The van der Waals surface area contributed by atoms with Crippen molar-refractivity contribution >= 4 is 27.6 Å². The molecule has 5 nitrogen and oxygen atoms in total. The second-order valence-electron chi connectivity index (χ2n) is 8.78. The Balaban J connectivity index is 1.08. The van der Waals surface area contributed by atoms with Crippen molar-refractivity contribution < 1.29 is 8.94 Å². The van der Waals surface area contributed by atoms with Gasteiger partial charge in [0.15, 0.2) is 5.82 Å². The van der Waals surface area contributed by atoms with Crippen molar-refractivity contribution in [1.29, 1.82) is 0 Å². The molecule has 0 atom stereocenters. The van der Waals surface area contributed by atoms with Crippen molar-refractivity contribution in [1.82, 2.24) is 10.1 Å². The number of rotatable bonds is 4. The van der Waals surface area contributed by atoms with Gasteiger partial charge in [-0.2, -0.15) is 4.98 Å². The molecule has 6 aromatic rings. The summed E-state index contributed by atoms with van der Waals surface area (Å²) in [5.74, 6) is 1.66. The lowest BCUT2D eigenvalue weighted by atomic mass is 9.97. The lowest BCUT2D eigenvalue weighted by Crippen LogP contribution is -2.45. The van der Waals surface area contributed by atoms with E-state index in [1.54, 1.807) is 0 Å². The average Bonchev–Trinajstić information content (AvgIpc) is 3.49.